The lowest BCUT2D eigenvalue weighted by atomic mass is 10.0. The van der Waals surface area contributed by atoms with Crippen molar-refractivity contribution in [2.24, 2.45) is 0 Å². The number of carboxylic acid groups (broad SMARTS) is 1. The quantitative estimate of drug-likeness (QED) is 0.316. The molecule has 2 aromatic rings. The molecule has 0 unspecified atom stereocenters. The Labute approximate surface area is 169 Å². The number of unbranched alkanes of at least 4 members (excludes halogenated alkanes) is 3. The summed E-state index contributed by atoms with van der Waals surface area (Å²) in [5.74, 6) is -2.19. The Morgan fingerprint density at radius 2 is 1.66 bits per heavy atom. The molecule has 0 aliphatic carbocycles. The lowest BCUT2D eigenvalue weighted by molar-refractivity contribution is 0.0693. The summed E-state index contributed by atoms with van der Waals surface area (Å²) in [6.07, 6.45) is 4.60. The van der Waals surface area contributed by atoms with Crippen LogP contribution >= 0.6 is 0 Å². The molecule has 0 saturated carbocycles. The average molecular weight is 406 g/mol. The van der Waals surface area contributed by atoms with Crippen LogP contribution in [0.5, 0.6) is 23.0 Å². The fraction of sp³-hybridized carbons (Fsp3) is 0.409. The summed E-state index contributed by atoms with van der Waals surface area (Å²) in [5.41, 5.74) is 0.491. The Hall–Kier alpha value is -2.96. The predicted octanol–water partition coefficient (Wildman–Crippen LogP) is 4.78. The van der Waals surface area contributed by atoms with Crippen LogP contribution in [0.3, 0.4) is 0 Å². The third-order valence-electron chi connectivity index (χ3n) is 4.75. The number of carboxylic acids is 1. The zero-order valence-electron chi connectivity index (χ0n) is 16.4. The van der Waals surface area contributed by atoms with Gasteiger partial charge < -0.3 is 25.2 Å². The summed E-state index contributed by atoms with van der Waals surface area (Å²) < 4.78 is 19.4. The number of halogens is 1. The molecular formula is C22H27FO6. The Morgan fingerprint density at radius 3 is 2.34 bits per heavy atom. The maximum Gasteiger partial charge on any atom is 0.339 e. The van der Waals surface area contributed by atoms with Crippen LogP contribution in [0, 0.1) is 5.82 Å². The van der Waals surface area contributed by atoms with Gasteiger partial charge in [-0.3, -0.25) is 0 Å². The van der Waals surface area contributed by atoms with Crippen LogP contribution in [0.4, 0.5) is 4.39 Å². The van der Waals surface area contributed by atoms with E-state index < -0.39 is 17.5 Å². The summed E-state index contributed by atoms with van der Waals surface area (Å²) in [6, 6.07) is 5.17. The molecule has 2 aromatic carbocycles. The molecule has 0 aromatic heterocycles. The van der Waals surface area contributed by atoms with E-state index in [1.165, 1.54) is 6.07 Å². The summed E-state index contributed by atoms with van der Waals surface area (Å²) in [5, 5.41) is 38.5. The number of phenols is 3. The van der Waals surface area contributed by atoms with Gasteiger partial charge in [0.1, 0.15) is 22.9 Å². The second-order valence-corrected chi connectivity index (χ2v) is 6.90. The number of hydrogen-bond donors (Lipinski definition) is 4. The lowest BCUT2D eigenvalue weighted by Crippen LogP contribution is -2.04. The number of carbonyl (C=O) groups is 1. The van der Waals surface area contributed by atoms with Crippen molar-refractivity contribution >= 4 is 5.97 Å². The summed E-state index contributed by atoms with van der Waals surface area (Å²) in [4.78, 5) is 11.2. The molecule has 0 amide bonds. The molecule has 0 bridgehead atoms. The highest BCUT2D eigenvalue weighted by Gasteiger charge is 2.17. The first kappa shape index (κ1) is 22.3. The Balaban J connectivity index is 1.80. The maximum atomic E-state index is 13.7. The highest BCUT2D eigenvalue weighted by Crippen LogP contribution is 2.33. The minimum atomic E-state index is -1.18. The van der Waals surface area contributed by atoms with Gasteiger partial charge in [-0.1, -0.05) is 26.2 Å². The minimum absolute atomic E-state index is 0.124. The molecule has 6 nitrogen and oxygen atoms in total. The molecule has 7 heteroatoms. The van der Waals surface area contributed by atoms with Crippen LogP contribution in [-0.4, -0.2) is 33.0 Å². The van der Waals surface area contributed by atoms with Crippen molar-refractivity contribution < 1.29 is 34.3 Å². The molecule has 29 heavy (non-hydrogen) atoms. The Bertz CT molecular complexity index is 850. The van der Waals surface area contributed by atoms with E-state index in [1.807, 2.05) is 6.92 Å². The fourth-order valence-electron chi connectivity index (χ4n) is 3.19. The van der Waals surface area contributed by atoms with Crippen LogP contribution in [0.15, 0.2) is 24.3 Å². The number of aromatic hydroxyl groups is 3. The van der Waals surface area contributed by atoms with Gasteiger partial charge in [-0.05, 0) is 49.9 Å². The standard InChI is InChI=1S/C22H27FO6/c1-2-7-15-19(12-9-16(20(15)25)22(27)28)29-13-6-4-3-5-8-14-17(23)10-11-18(24)21(14)26/h9-12,24-26H,2-8,13H2,1H3,(H,27,28). The monoisotopic (exact) mass is 406 g/mol. The van der Waals surface area contributed by atoms with E-state index in [0.717, 1.165) is 37.8 Å². The number of benzene rings is 2. The van der Waals surface area contributed by atoms with Crippen molar-refractivity contribution in [3.8, 4) is 23.0 Å². The van der Waals surface area contributed by atoms with Gasteiger partial charge in [-0.2, -0.15) is 0 Å². The van der Waals surface area contributed by atoms with Gasteiger partial charge in [-0.15, -0.1) is 0 Å². The molecule has 0 spiro atoms. The van der Waals surface area contributed by atoms with Crippen molar-refractivity contribution in [3.05, 3.63) is 46.8 Å². The van der Waals surface area contributed by atoms with E-state index >= 15 is 0 Å². The summed E-state index contributed by atoms with van der Waals surface area (Å²) >= 11 is 0. The molecular weight excluding hydrogens is 379 g/mol. The van der Waals surface area contributed by atoms with Crippen molar-refractivity contribution in [3.63, 3.8) is 0 Å². The molecule has 0 aliphatic rings. The van der Waals surface area contributed by atoms with Crippen molar-refractivity contribution in [1.82, 2.24) is 0 Å². The normalized spacial score (nSPS) is 10.8. The molecule has 0 saturated heterocycles. The predicted molar refractivity (Wildman–Crippen MR) is 106 cm³/mol. The largest absolute Gasteiger partial charge is 0.507 e. The summed E-state index contributed by atoms with van der Waals surface area (Å²) in [6.45, 7) is 2.35. The Kier molecular flexibility index (Phi) is 8.12. The SMILES string of the molecule is CCCc1c(OCCCCCCc2c(F)ccc(O)c2O)ccc(C(=O)O)c1O. The van der Waals surface area contributed by atoms with Crippen LogP contribution in [0.2, 0.25) is 0 Å². The van der Waals surface area contributed by atoms with Crippen LogP contribution in [0.1, 0.15) is 60.5 Å². The smallest absolute Gasteiger partial charge is 0.339 e. The minimum Gasteiger partial charge on any atom is -0.507 e. The number of phenolic OH excluding ortho intramolecular Hbond substituents is 2. The molecule has 0 heterocycles. The molecule has 0 atom stereocenters. The van der Waals surface area contributed by atoms with Crippen molar-refractivity contribution in [1.29, 1.82) is 0 Å². The number of ether oxygens (including phenoxy) is 1. The first-order valence-electron chi connectivity index (χ1n) is 9.77. The number of rotatable bonds is 11. The van der Waals surface area contributed by atoms with Gasteiger partial charge in [0.15, 0.2) is 11.5 Å². The Morgan fingerprint density at radius 1 is 0.931 bits per heavy atom. The van der Waals surface area contributed by atoms with Gasteiger partial charge in [0, 0.05) is 11.1 Å². The third kappa shape index (κ3) is 5.76. The van der Waals surface area contributed by atoms with E-state index in [-0.39, 0.29) is 22.6 Å². The maximum absolute atomic E-state index is 13.7. The van der Waals surface area contributed by atoms with Gasteiger partial charge in [0.25, 0.3) is 0 Å². The summed E-state index contributed by atoms with van der Waals surface area (Å²) in [7, 11) is 0. The van der Waals surface area contributed by atoms with E-state index in [2.05, 4.69) is 0 Å². The van der Waals surface area contributed by atoms with Crippen LogP contribution in [0.25, 0.3) is 0 Å². The second-order valence-electron chi connectivity index (χ2n) is 6.90. The first-order chi connectivity index (χ1) is 13.9. The highest BCUT2D eigenvalue weighted by atomic mass is 19.1. The van der Waals surface area contributed by atoms with E-state index in [1.54, 1.807) is 6.07 Å². The first-order valence-corrected chi connectivity index (χ1v) is 9.77. The fourth-order valence-corrected chi connectivity index (χ4v) is 3.19. The average Bonchev–Trinajstić information content (AvgIpc) is 2.68. The zero-order valence-corrected chi connectivity index (χ0v) is 16.4. The second kappa shape index (κ2) is 10.5. The highest BCUT2D eigenvalue weighted by molar-refractivity contribution is 5.91. The van der Waals surface area contributed by atoms with Crippen LogP contribution in [-0.2, 0) is 12.8 Å². The van der Waals surface area contributed by atoms with Crippen molar-refractivity contribution in [2.75, 3.05) is 6.61 Å². The molecule has 0 fully saturated rings. The third-order valence-corrected chi connectivity index (χ3v) is 4.75. The number of aromatic carboxylic acids is 1. The number of hydrogen-bond acceptors (Lipinski definition) is 5. The zero-order chi connectivity index (χ0) is 21.4. The molecule has 2 rings (SSSR count). The topological polar surface area (TPSA) is 107 Å². The van der Waals surface area contributed by atoms with Gasteiger partial charge in [0.2, 0.25) is 0 Å². The van der Waals surface area contributed by atoms with Gasteiger partial charge in [-0.25, -0.2) is 9.18 Å². The van der Waals surface area contributed by atoms with Crippen LogP contribution < -0.4 is 4.74 Å². The van der Waals surface area contributed by atoms with Crippen molar-refractivity contribution in [2.45, 2.75) is 51.9 Å². The van der Waals surface area contributed by atoms with E-state index in [9.17, 15) is 24.5 Å². The van der Waals surface area contributed by atoms with E-state index in [0.29, 0.717) is 37.2 Å². The van der Waals surface area contributed by atoms with Gasteiger partial charge in [0.05, 0.1) is 6.61 Å². The van der Waals surface area contributed by atoms with E-state index in [4.69, 9.17) is 9.84 Å². The molecule has 0 aliphatic heterocycles. The lowest BCUT2D eigenvalue weighted by Gasteiger charge is -2.14. The molecule has 158 valence electrons. The molecule has 0 radical (unpaired) electrons. The molecule has 4 N–H and O–H groups in total. The van der Waals surface area contributed by atoms with Gasteiger partial charge >= 0.3 is 5.97 Å².